The molecule has 0 radical (unpaired) electrons. The van der Waals surface area contributed by atoms with Crippen LogP contribution in [0.15, 0.2) is 43.0 Å². The van der Waals surface area contributed by atoms with E-state index in [0.717, 1.165) is 31.4 Å². The van der Waals surface area contributed by atoms with Crippen molar-refractivity contribution in [2.45, 2.75) is 31.9 Å². The zero-order valence-corrected chi connectivity index (χ0v) is 12.8. The third-order valence-electron chi connectivity index (χ3n) is 3.25. The molecule has 0 aliphatic carbocycles. The van der Waals surface area contributed by atoms with Crippen molar-refractivity contribution in [3.8, 4) is 0 Å². The third-order valence-corrected chi connectivity index (χ3v) is 3.25. The standard InChI is InChI=1S/C17H26N2O2/c1-3-4-5-9-12-19(2)17(20)16(18)14-21-13-15-10-7-6-8-11-15/h3,6-8,10-11,16H,1,4-5,9,12-14,18H2,2H3. The minimum atomic E-state index is -0.599. The molecule has 2 N–H and O–H groups in total. The lowest BCUT2D eigenvalue weighted by Gasteiger charge is -2.21. The van der Waals surface area contributed by atoms with E-state index < -0.39 is 6.04 Å². The molecule has 21 heavy (non-hydrogen) atoms. The highest BCUT2D eigenvalue weighted by molar-refractivity contribution is 5.81. The van der Waals surface area contributed by atoms with Gasteiger partial charge in [-0.2, -0.15) is 0 Å². The van der Waals surface area contributed by atoms with Crippen molar-refractivity contribution in [2.75, 3.05) is 20.2 Å². The summed E-state index contributed by atoms with van der Waals surface area (Å²) in [6.07, 6.45) is 4.88. The van der Waals surface area contributed by atoms with E-state index in [1.807, 2.05) is 36.4 Å². The monoisotopic (exact) mass is 290 g/mol. The minimum Gasteiger partial charge on any atom is -0.375 e. The van der Waals surface area contributed by atoms with Crippen molar-refractivity contribution >= 4 is 5.91 Å². The van der Waals surface area contributed by atoms with Crippen LogP contribution in [0.2, 0.25) is 0 Å². The molecule has 1 aromatic rings. The Morgan fingerprint density at radius 3 is 2.76 bits per heavy atom. The Labute approximate surface area is 127 Å². The molecule has 1 rings (SSSR count). The van der Waals surface area contributed by atoms with E-state index in [1.54, 1.807) is 11.9 Å². The van der Waals surface area contributed by atoms with Crippen molar-refractivity contribution in [1.29, 1.82) is 0 Å². The van der Waals surface area contributed by atoms with Crippen LogP contribution in [-0.4, -0.2) is 37.0 Å². The average molecular weight is 290 g/mol. The van der Waals surface area contributed by atoms with Crippen LogP contribution in [0.4, 0.5) is 0 Å². The number of nitrogens with two attached hydrogens (primary N) is 1. The van der Waals surface area contributed by atoms with Crippen LogP contribution in [0, 0.1) is 0 Å². The van der Waals surface area contributed by atoms with E-state index in [0.29, 0.717) is 6.61 Å². The van der Waals surface area contributed by atoms with Crippen LogP contribution in [0.5, 0.6) is 0 Å². The zero-order valence-electron chi connectivity index (χ0n) is 12.8. The molecule has 1 aromatic carbocycles. The number of amides is 1. The van der Waals surface area contributed by atoms with Crippen molar-refractivity contribution in [2.24, 2.45) is 5.73 Å². The molecule has 0 heterocycles. The smallest absolute Gasteiger partial charge is 0.241 e. The number of carbonyl (C=O) groups excluding carboxylic acids is 1. The molecule has 0 aliphatic heterocycles. The maximum absolute atomic E-state index is 12.0. The molecule has 116 valence electrons. The Balaban J connectivity index is 2.22. The summed E-state index contributed by atoms with van der Waals surface area (Å²) in [5, 5.41) is 0. The number of rotatable bonds is 10. The first kappa shape index (κ1) is 17.4. The molecule has 1 unspecified atom stereocenters. The van der Waals surface area contributed by atoms with Crippen molar-refractivity contribution in [3.05, 3.63) is 48.6 Å². The van der Waals surface area contributed by atoms with Gasteiger partial charge >= 0.3 is 0 Å². The second-order valence-electron chi connectivity index (χ2n) is 5.15. The molecule has 0 aliphatic rings. The molecule has 0 bridgehead atoms. The van der Waals surface area contributed by atoms with E-state index in [9.17, 15) is 4.79 Å². The average Bonchev–Trinajstić information content (AvgIpc) is 2.51. The minimum absolute atomic E-state index is 0.0679. The van der Waals surface area contributed by atoms with Gasteiger partial charge < -0.3 is 15.4 Å². The van der Waals surface area contributed by atoms with E-state index in [2.05, 4.69) is 6.58 Å². The van der Waals surface area contributed by atoms with Crippen LogP contribution in [0.1, 0.15) is 24.8 Å². The van der Waals surface area contributed by atoms with Gasteiger partial charge in [0, 0.05) is 13.6 Å². The number of unbranched alkanes of at least 4 members (excludes halogenated alkanes) is 2. The van der Waals surface area contributed by atoms with Gasteiger partial charge in [-0.3, -0.25) is 4.79 Å². The van der Waals surface area contributed by atoms with Crippen LogP contribution in [-0.2, 0) is 16.1 Å². The van der Waals surface area contributed by atoms with Crippen molar-refractivity contribution in [3.63, 3.8) is 0 Å². The normalized spacial score (nSPS) is 11.9. The fraction of sp³-hybridized carbons (Fsp3) is 0.471. The van der Waals surface area contributed by atoms with Gasteiger partial charge in [-0.05, 0) is 24.8 Å². The maximum atomic E-state index is 12.0. The molecule has 0 aromatic heterocycles. The zero-order chi connectivity index (χ0) is 15.5. The first-order chi connectivity index (χ1) is 10.1. The summed E-state index contributed by atoms with van der Waals surface area (Å²) in [6, 6.07) is 9.25. The maximum Gasteiger partial charge on any atom is 0.241 e. The van der Waals surface area contributed by atoms with Gasteiger partial charge in [0.05, 0.1) is 13.2 Å². The number of hydrogen-bond donors (Lipinski definition) is 1. The number of carbonyl (C=O) groups is 1. The van der Waals surface area contributed by atoms with Crippen molar-refractivity contribution in [1.82, 2.24) is 4.90 Å². The van der Waals surface area contributed by atoms with Gasteiger partial charge in [-0.1, -0.05) is 36.4 Å². The van der Waals surface area contributed by atoms with Crippen LogP contribution >= 0.6 is 0 Å². The van der Waals surface area contributed by atoms with E-state index in [4.69, 9.17) is 10.5 Å². The number of benzene rings is 1. The van der Waals surface area contributed by atoms with Crippen LogP contribution in [0.25, 0.3) is 0 Å². The van der Waals surface area contributed by atoms with Gasteiger partial charge in [0.15, 0.2) is 0 Å². The largest absolute Gasteiger partial charge is 0.375 e. The van der Waals surface area contributed by atoms with Gasteiger partial charge in [-0.25, -0.2) is 0 Å². The predicted octanol–water partition coefficient (Wildman–Crippen LogP) is 2.35. The lowest BCUT2D eigenvalue weighted by Crippen LogP contribution is -2.44. The number of nitrogens with zero attached hydrogens (tertiary/aromatic N) is 1. The Hall–Kier alpha value is -1.65. The molecule has 0 saturated heterocycles. The Kier molecular flexibility index (Phi) is 8.40. The number of hydrogen-bond acceptors (Lipinski definition) is 3. The summed E-state index contributed by atoms with van der Waals surface area (Å²) < 4.78 is 5.51. The quantitative estimate of drug-likeness (QED) is 0.531. The molecule has 4 heteroatoms. The lowest BCUT2D eigenvalue weighted by molar-refractivity contribution is -0.132. The summed E-state index contributed by atoms with van der Waals surface area (Å²) in [4.78, 5) is 13.7. The summed E-state index contributed by atoms with van der Waals surface area (Å²) in [7, 11) is 1.79. The Bertz CT molecular complexity index is 420. The highest BCUT2D eigenvalue weighted by Crippen LogP contribution is 2.02. The summed E-state index contributed by atoms with van der Waals surface area (Å²) in [6.45, 7) is 5.12. The van der Waals surface area contributed by atoms with Crippen LogP contribution in [0.3, 0.4) is 0 Å². The van der Waals surface area contributed by atoms with E-state index in [-0.39, 0.29) is 12.5 Å². The van der Waals surface area contributed by atoms with Crippen molar-refractivity contribution < 1.29 is 9.53 Å². The second-order valence-corrected chi connectivity index (χ2v) is 5.15. The first-order valence-electron chi connectivity index (χ1n) is 7.38. The summed E-state index contributed by atoms with van der Waals surface area (Å²) >= 11 is 0. The second kappa shape index (κ2) is 10.1. The molecule has 1 atom stereocenters. The fourth-order valence-corrected chi connectivity index (χ4v) is 1.98. The Morgan fingerprint density at radius 2 is 2.10 bits per heavy atom. The molecule has 1 amide bonds. The SMILES string of the molecule is C=CCCCCN(C)C(=O)C(N)COCc1ccccc1. The fourth-order valence-electron chi connectivity index (χ4n) is 1.98. The molecule has 0 spiro atoms. The topological polar surface area (TPSA) is 55.6 Å². The highest BCUT2D eigenvalue weighted by atomic mass is 16.5. The van der Waals surface area contributed by atoms with Gasteiger partial charge in [0.1, 0.15) is 6.04 Å². The predicted molar refractivity (Wildman–Crippen MR) is 85.8 cm³/mol. The summed E-state index contributed by atoms with van der Waals surface area (Å²) in [5.41, 5.74) is 6.96. The molecule has 4 nitrogen and oxygen atoms in total. The third kappa shape index (κ3) is 7.06. The lowest BCUT2D eigenvalue weighted by atomic mass is 10.2. The summed E-state index contributed by atoms with van der Waals surface area (Å²) in [5.74, 6) is -0.0679. The van der Waals surface area contributed by atoms with Gasteiger partial charge in [0.2, 0.25) is 5.91 Å². The molecular weight excluding hydrogens is 264 g/mol. The number of likely N-dealkylation sites (N-methyl/N-ethyl adjacent to an activating group) is 1. The highest BCUT2D eigenvalue weighted by Gasteiger charge is 2.17. The molecule has 0 fully saturated rings. The number of ether oxygens (including phenoxy) is 1. The van der Waals surface area contributed by atoms with E-state index >= 15 is 0 Å². The van der Waals surface area contributed by atoms with Crippen LogP contribution < -0.4 is 5.73 Å². The molecule has 0 saturated carbocycles. The van der Waals surface area contributed by atoms with Gasteiger partial charge in [-0.15, -0.1) is 6.58 Å². The number of allylic oxidation sites excluding steroid dienone is 1. The van der Waals surface area contributed by atoms with E-state index in [1.165, 1.54) is 0 Å². The van der Waals surface area contributed by atoms with Gasteiger partial charge in [0.25, 0.3) is 0 Å². The molecular formula is C17H26N2O2. The Morgan fingerprint density at radius 1 is 1.38 bits per heavy atom. The first-order valence-corrected chi connectivity index (χ1v) is 7.38.